The molecule has 1 aromatic heterocycles. The van der Waals surface area contributed by atoms with Crippen molar-refractivity contribution in [1.29, 1.82) is 0 Å². The molecule has 1 aromatic carbocycles. The number of nitrogens with one attached hydrogen (secondary N) is 1. The number of aryl methyl sites for hydroxylation is 2. The molecule has 0 spiro atoms. The predicted octanol–water partition coefficient (Wildman–Crippen LogP) is 2.80. The van der Waals surface area contributed by atoms with Gasteiger partial charge in [0.2, 0.25) is 0 Å². The number of aromatic nitrogens is 3. The van der Waals surface area contributed by atoms with Crippen LogP contribution in [0.2, 0.25) is 0 Å². The van der Waals surface area contributed by atoms with Gasteiger partial charge in [-0.25, -0.2) is 0 Å². The molecule has 0 aliphatic heterocycles. The third-order valence-electron chi connectivity index (χ3n) is 2.51. The van der Waals surface area contributed by atoms with Gasteiger partial charge in [0.15, 0.2) is 10.6 Å². The van der Waals surface area contributed by atoms with E-state index in [9.17, 15) is 5.11 Å². The minimum absolute atomic E-state index is 0.160. The summed E-state index contributed by atoms with van der Waals surface area (Å²) in [7, 11) is 0. The fraction of sp³-hybridized carbons (Fsp3) is 0.273. The van der Waals surface area contributed by atoms with E-state index in [1.165, 1.54) is 5.56 Å². The average molecular weight is 314 g/mol. The maximum absolute atomic E-state index is 9.26. The molecule has 2 N–H and O–H groups in total. The molecule has 0 bridgehead atoms. The van der Waals surface area contributed by atoms with E-state index in [1.807, 2.05) is 19.9 Å². The van der Waals surface area contributed by atoms with Crippen LogP contribution in [-0.4, -0.2) is 19.9 Å². The number of rotatable bonds is 2. The van der Waals surface area contributed by atoms with Crippen LogP contribution in [0.25, 0.3) is 5.69 Å². The van der Waals surface area contributed by atoms with Crippen LogP contribution >= 0.6 is 28.1 Å². The van der Waals surface area contributed by atoms with E-state index in [4.69, 9.17) is 12.2 Å². The van der Waals surface area contributed by atoms with Gasteiger partial charge in [0.1, 0.15) is 6.61 Å². The Hall–Kier alpha value is -0.980. The quantitative estimate of drug-likeness (QED) is 0.838. The molecule has 6 heteroatoms. The second kappa shape index (κ2) is 4.72. The molecule has 0 aliphatic carbocycles. The lowest BCUT2D eigenvalue weighted by molar-refractivity contribution is 0.268. The highest BCUT2D eigenvalue weighted by molar-refractivity contribution is 9.10. The van der Waals surface area contributed by atoms with Crippen LogP contribution in [0.15, 0.2) is 16.6 Å². The standard InChI is InChI=1S/C11H12BrN3OS/c1-6-3-7(2)10(8(12)4-6)15-9(5-16)13-14-11(15)17/h3-4,16H,5H2,1-2H3,(H,14,17). The minimum atomic E-state index is -0.160. The number of benzene rings is 1. The summed E-state index contributed by atoms with van der Waals surface area (Å²) in [6.45, 7) is 3.87. The van der Waals surface area contributed by atoms with E-state index >= 15 is 0 Å². The molecule has 1 heterocycles. The van der Waals surface area contributed by atoms with Crippen molar-refractivity contribution in [3.8, 4) is 5.69 Å². The number of aromatic amines is 1. The molecule has 0 fully saturated rings. The van der Waals surface area contributed by atoms with Gasteiger partial charge in [-0.05, 0) is 59.2 Å². The van der Waals surface area contributed by atoms with Gasteiger partial charge in [-0.3, -0.25) is 9.67 Å². The van der Waals surface area contributed by atoms with Crippen molar-refractivity contribution in [3.63, 3.8) is 0 Å². The van der Waals surface area contributed by atoms with Crippen molar-refractivity contribution in [1.82, 2.24) is 14.8 Å². The van der Waals surface area contributed by atoms with Gasteiger partial charge < -0.3 is 5.11 Å². The van der Waals surface area contributed by atoms with Gasteiger partial charge >= 0.3 is 0 Å². The minimum Gasteiger partial charge on any atom is -0.388 e. The summed E-state index contributed by atoms with van der Waals surface area (Å²) in [5.74, 6) is 0.502. The van der Waals surface area contributed by atoms with Crippen LogP contribution in [0.4, 0.5) is 0 Å². The number of halogens is 1. The van der Waals surface area contributed by atoms with E-state index in [2.05, 4.69) is 32.2 Å². The SMILES string of the molecule is Cc1cc(C)c(-n2c(CO)n[nH]c2=S)c(Br)c1. The highest BCUT2D eigenvalue weighted by atomic mass is 79.9. The Bertz CT molecular complexity index is 594. The fourth-order valence-corrected chi connectivity index (χ4v) is 2.95. The first-order chi connectivity index (χ1) is 8.04. The molecule has 17 heavy (non-hydrogen) atoms. The Balaban J connectivity index is 2.77. The summed E-state index contributed by atoms with van der Waals surface area (Å²) >= 11 is 8.71. The van der Waals surface area contributed by atoms with Crippen LogP contribution in [0.1, 0.15) is 17.0 Å². The Morgan fingerprint density at radius 1 is 1.47 bits per heavy atom. The van der Waals surface area contributed by atoms with Crippen LogP contribution in [0.5, 0.6) is 0 Å². The summed E-state index contributed by atoms with van der Waals surface area (Å²) < 4.78 is 3.15. The maximum atomic E-state index is 9.26. The molecule has 0 saturated carbocycles. The average Bonchev–Trinajstić information content (AvgIpc) is 2.59. The zero-order valence-corrected chi connectivity index (χ0v) is 11.9. The van der Waals surface area contributed by atoms with E-state index < -0.39 is 0 Å². The predicted molar refractivity (Wildman–Crippen MR) is 71.8 cm³/mol. The molecule has 0 aliphatic rings. The summed E-state index contributed by atoms with van der Waals surface area (Å²) in [6.07, 6.45) is 0. The Labute approximate surface area is 112 Å². The number of nitrogens with zero attached hydrogens (tertiary/aromatic N) is 2. The monoisotopic (exact) mass is 313 g/mol. The molecule has 2 aromatic rings. The topological polar surface area (TPSA) is 53.8 Å². The summed E-state index contributed by atoms with van der Waals surface area (Å²) in [4.78, 5) is 0. The second-order valence-electron chi connectivity index (χ2n) is 3.85. The first-order valence-electron chi connectivity index (χ1n) is 5.09. The molecule has 0 radical (unpaired) electrons. The Morgan fingerprint density at radius 2 is 2.18 bits per heavy atom. The molecule has 0 amide bonds. The highest BCUT2D eigenvalue weighted by Gasteiger charge is 2.13. The van der Waals surface area contributed by atoms with E-state index in [1.54, 1.807) is 4.57 Å². The van der Waals surface area contributed by atoms with Gasteiger partial charge in [-0.2, -0.15) is 5.10 Å². The molecule has 90 valence electrons. The molecular formula is C11H12BrN3OS. The molecule has 4 nitrogen and oxygen atoms in total. The summed E-state index contributed by atoms with van der Waals surface area (Å²) in [6, 6.07) is 4.08. The van der Waals surface area contributed by atoms with Crippen molar-refractivity contribution in [2.45, 2.75) is 20.5 Å². The molecule has 0 atom stereocenters. The third-order valence-corrected chi connectivity index (χ3v) is 3.38. The van der Waals surface area contributed by atoms with E-state index in [0.717, 1.165) is 15.7 Å². The molecule has 0 saturated heterocycles. The number of hydrogen-bond donors (Lipinski definition) is 2. The van der Waals surface area contributed by atoms with Gasteiger partial charge in [0.05, 0.1) is 5.69 Å². The molecule has 0 unspecified atom stereocenters. The lowest BCUT2D eigenvalue weighted by Gasteiger charge is -2.12. The maximum Gasteiger partial charge on any atom is 0.199 e. The highest BCUT2D eigenvalue weighted by Crippen LogP contribution is 2.27. The van der Waals surface area contributed by atoms with Crippen molar-refractivity contribution in [2.75, 3.05) is 0 Å². The van der Waals surface area contributed by atoms with Crippen LogP contribution < -0.4 is 0 Å². The Morgan fingerprint density at radius 3 is 2.76 bits per heavy atom. The van der Waals surface area contributed by atoms with Crippen molar-refractivity contribution < 1.29 is 5.11 Å². The number of H-pyrrole nitrogens is 1. The number of hydrogen-bond acceptors (Lipinski definition) is 3. The first-order valence-corrected chi connectivity index (χ1v) is 6.29. The van der Waals surface area contributed by atoms with Crippen molar-refractivity contribution in [2.24, 2.45) is 0 Å². The third kappa shape index (κ3) is 2.20. The Kier molecular flexibility index (Phi) is 3.46. The van der Waals surface area contributed by atoms with Crippen LogP contribution in [0.3, 0.4) is 0 Å². The molecular weight excluding hydrogens is 302 g/mol. The van der Waals surface area contributed by atoms with Crippen molar-refractivity contribution in [3.05, 3.63) is 38.3 Å². The first kappa shape index (κ1) is 12.5. The van der Waals surface area contributed by atoms with Crippen molar-refractivity contribution >= 4 is 28.1 Å². The van der Waals surface area contributed by atoms with Gasteiger partial charge in [-0.1, -0.05) is 6.07 Å². The lowest BCUT2D eigenvalue weighted by atomic mass is 10.1. The van der Waals surface area contributed by atoms with Gasteiger partial charge in [-0.15, -0.1) is 0 Å². The molecule has 2 rings (SSSR count). The van der Waals surface area contributed by atoms with Crippen LogP contribution in [0, 0.1) is 18.6 Å². The van der Waals surface area contributed by atoms with E-state index in [-0.39, 0.29) is 6.61 Å². The smallest absolute Gasteiger partial charge is 0.199 e. The van der Waals surface area contributed by atoms with Gasteiger partial charge in [0, 0.05) is 4.47 Å². The van der Waals surface area contributed by atoms with Crippen LogP contribution in [-0.2, 0) is 6.61 Å². The number of aliphatic hydroxyl groups is 1. The second-order valence-corrected chi connectivity index (χ2v) is 5.09. The summed E-state index contributed by atoms with van der Waals surface area (Å²) in [5.41, 5.74) is 3.15. The number of aliphatic hydroxyl groups excluding tert-OH is 1. The zero-order chi connectivity index (χ0) is 12.6. The fourth-order valence-electron chi connectivity index (χ4n) is 1.86. The van der Waals surface area contributed by atoms with E-state index in [0.29, 0.717) is 10.6 Å². The van der Waals surface area contributed by atoms with Gasteiger partial charge in [0.25, 0.3) is 0 Å². The largest absolute Gasteiger partial charge is 0.388 e. The normalized spacial score (nSPS) is 10.8. The lowest BCUT2D eigenvalue weighted by Crippen LogP contribution is -2.04. The summed E-state index contributed by atoms with van der Waals surface area (Å²) in [5, 5.41) is 15.9. The zero-order valence-electron chi connectivity index (χ0n) is 9.49.